The Morgan fingerprint density at radius 1 is 1.15 bits per heavy atom. The minimum absolute atomic E-state index is 0.209. The number of benzene rings is 1. The molecule has 1 atom stereocenters. The van der Waals surface area contributed by atoms with E-state index in [-0.39, 0.29) is 13.2 Å². The van der Waals surface area contributed by atoms with Crippen LogP contribution in [0.15, 0.2) is 47.1 Å². The monoisotopic (exact) mass is 388 g/mol. The number of urea groups is 1. The molecule has 10 heteroatoms. The Hall–Kier alpha value is -3.04. The van der Waals surface area contributed by atoms with Crippen molar-refractivity contribution in [2.45, 2.75) is 25.2 Å². The molecule has 1 aromatic heterocycles. The fraction of sp³-hybridized carbons (Fsp3) is 0.294. The first-order chi connectivity index (χ1) is 12.7. The van der Waals surface area contributed by atoms with E-state index in [4.69, 9.17) is 4.42 Å². The van der Waals surface area contributed by atoms with E-state index in [0.717, 1.165) is 24.3 Å². The quantitative estimate of drug-likeness (QED) is 0.588. The molecule has 0 aliphatic rings. The molecular weight excluding hydrogens is 372 g/mol. The van der Waals surface area contributed by atoms with Crippen molar-refractivity contribution in [2.75, 3.05) is 6.61 Å². The molecule has 2 amide bonds. The lowest BCUT2D eigenvalue weighted by Crippen LogP contribution is -2.63. The van der Waals surface area contributed by atoms with Gasteiger partial charge in [0, 0.05) is 0 Å². The first kappa shape index (κ1) is 20.3. The molecule has 0 radical (unpaired) electrons. The van der Waals surface area contributed by atoms with E-state index in [1.54, 1.807) is 5.32 Å². The van der Waals surface area contributed by atoms with Gasteiger partial charge < -0.3 is 19.8 Å². The Labute approximate surface area is 151 Å². The summed E-state index contributed by atoms with van der Waals surface area (Å²) in [5.74, 6) is -2.25. The van der Waals surface area contributed by atoms with Gasteiger partial charge >= 0.3 is 18.2 Å². The summed E-state index contributed by atoms with van der Waals surface area (Å²) in [6.07, 6.45) is -3.94. The smallest absolute Gasteiger partial charge is 0.426 e. The average molecular weight is 388 g/mol. The number of ether oxygens (including phenoxy) is 1. The number of esters is 1. The highest BCUT2D eigenvalue weighted by molar-refractivity contribution is 5.89. The van der Waals surface area contributed by atoms with Crippen molar-refractivity contribution >= 4 is 12.0 Å². The number of carbonyl (C=O) groups excluding carboxylic acids is 2. The van der Waals surface area contributed by atoms with Gasteiger partial charge in [-0.2, -0.15) is 13.2 Å². The number of halogens is 4. The first-order valence-electron chi connectivity index (χ1n) is 7.79. The summed E-state index contributed by atoms with van der Waals surface area (Å²) in [4.78, 5) is 24.4. The Kier molecular flexibility index (Phi) is 6.09. The molecule has 0 bridgehead atoms. The van der Waals surface area contributed by atoms with Crippen molar-refractivity contribution in [2.24, 2.45) is 0 Å². The lowest BCUT2D eigenvalue weighted by Gasteiger charge is -2.34. The summed E-state index contributed by atoms with van der Waals surface area (Å²) in [5, 5.41) is 3.80. The van der Waals surface area contributed by atoms with Gasteiger partial charge in [-0.25, -0.2) is 14.0 Å². The molecule has 2 N–H and O–H groups in total. The maximum atomic E-state index is 14.0. The van der Waals surface area contributed by atoms with Crippen LogP contribution >= 0.6 is 0 Å². The van der Waals surface area contributed by atoms with Crippen molar-refractivity contribution in [3.8, 4) is 0 Å². The Morgan fingerprint density at radius 3 is 2.33 bits per heavy atom. The summed E-state index contributed by atoms with van der Waals surface area (Å²) < 4.78 is 64.5. The summed E-state index contributed by atoms with van der Waals surface area (Å²) in [7, 11) is 0. The summed E-state index contributed by atoms with van der Waals surface area (Å²) in [5.41, 5.74) is -4.20. The predicted octanol–water partition coefficient (Wildman–Crippen LogP) is 3.24. The highest BCUT2D eigenvalue weighted by Gasteiger charge is 2.64. The molecule has 27 heavy (non-hydrogen) atoms. The van der Waals surface area contributed by atoms with Crippen LogP contribution in [0.3, 0.4) is 0 Å². The number of amides is 2. The molecular formula is C17H16F4N2O4. The summed E-state index contributed by atoms with van der Waals surface area (Å²) in [6.45, 7) is 0.757. The summed E-state index contributed by atoms with van der Waals surface area (Å²) in [6, 6.07) is 4.75. The minimum Gasteiger partial charge on any atom is -0.467 e. The number of carbonyl (C=O) groups is 2. The number of alkyl halides is 3. The molecule has 0 fully saturated rings. The molecule has 146 valence electrons. The van der Waals surface area contributed by atoms with Gasteiger partial charge in [0.05, 0.1) is 19.4 Å². The molecule has 2 aromatic rings. The van der Waals surface area contributed by atoms with Crippen LogP contribution in [0.2, 0.25) is 0 Å². The molecule has 0 unspecified atom stereocenters. The minimum atomic E-state index is -5.26. The first-order valence-corrected chi connectivity index (χ1v) is 7.79. The van der Waals surface area contributed by atoms with Crippen LogP contribution in [-0.4, -0.2) is 24.8 Å². The molecule has 6 nitrogen and oxygen atoms in total. The van der Waals surface area contributed by atoms with Crippen molar-refractivity contribution < 1.29 is 36.3 Å². The van der Waals surface area contributed by atoms with Crippen LogP contribution in [-0.2, 0) is 21.6 Å². The van der Waals surface area contributed by atoms with Gasteiger partial charge in [0.25, 0.3) is 5.54 Å². The molecule has 1 heterocycles. The molecule has 0 aliphatic heterocycles. The number of hydrogen-bond acceptors (Lipinski definition) is 4. The van der Waals surface area contributed by atoms with E-state index < -0.39 is 35.1 Å². The van der Waals surface area contributed by atoms with Crippen molar-refractivity contribution in [1.29, 1.82) is 0 Å². The number of nitrogens with one attached hydrogen (secondary N) is 2. The normalized spacial score (nSPS) is 13.5. The van der Waals surface area contributed by atoms with E-state index in [9.17, 15) is 27.2 Å². The number of rotatable bonds is 6. The Bertz CT molecular complexity index is 775. The molecule has 0 saturated heterocycles. The van der Waals surface area contributed by atoms with Crippen LogP contribution in [0.5, 0.6) is 0 Å². The standard InChI is InChI=1S/C17H16F4N2O4/c1-2-26-14(24)16(17(19,20)21,11-5-7-12(18)8-6-11)23-15(25)22-10-13-4-3-9-27-13/h3-9H,2,10H2,1H3,(H2,22,23,25)/t16-/m1/s1. The van der Waals surface area contributed by atoms with Gasteiger partial charge in [0.15, 0.2) is 0 Å². The second kappa shape index (κ2) is 8.11. The lowest BCUT2D eigenvalue weighted by atomic mass is 9.89. The Balaban J connectivity index is 2.38. The van der Waals surface area contributed by atoms with Crippen LogP contribution in [0, 0.1) is 5.82 Å². The maximum absolute atomic E-state index is 14.0. The van der Waals surface area contributed by atoms with Gasteiger partial charge in [0.1, 0.15) is 11.6 Å². The summed E-state index contributed by atoms with van der Waals surface area (Å²) >= 11 is 0. The lowest BCUT2D eigenvalue weighted by molar-refractivity contribution is -0.214. The third kappa shape index (κ3) is 4.39. The van der Waals surface area contributed by atoms with E-state index in [1.165, 1.54) is 25.3 Å². The average Bonchev–Trinajstić information content (AvgIpc) is 3.11. The van der Waals surface area contributed by atoms with Gasteiger partial charge in [-0.3, -0.25) is 0 Å². The second-order valence-electron chi connectivity index (χ2n) is 5.36. The van der Waals surface area contributed by atoms with E-state index in [1.807, 2.05) is 0 Å². The Morgan fingerprint density at radius 2 is 1.81 bits per heavy atom. The van der Waals surface area contributed by atoms with Gasteiger partial charge in [-0.05, 0) is 36.8 Å². The van der Waals surface area contributed by atoms with Gasteiger partial charge in [-0.1, -0.05) is 12.1 Å². The second-order valence-corrected chi connectivity index (χ2v) is 5.36. The van der Waals surface area contributed by atoms with Crippen LogP contribution in [0.4, 0.5) is 22.4 Å². The molecule has 1 aromatic carbocycles. The zero-order chi connectivity index (χ0) is 20.1. The van der Waals surface area contributed by atoms with Crippen molar-refractivity contribution in [3.05, 3.63) is 59.8 Å². The van der Waals surface area contributed by atoms with E-state index in [0.29, 0.717) is 5.76 Å². The van der Waals surface area contributed by atoms with Crippen LogP contribution in [0.25, 0.3) is 0 Å². The van der Waals surface area contributed by atoms with Gasteiger partial charge in [-0.15, -0.1) is 0 Å². The number of furan rings is 1. The predicted molar refractivity (Wildman–Crippen MR) is 84.8 cm³/mol. The van der Waals surface area contributed by atoms with E-state index in [2.05, 4.69) is 10.1 Å². The molecule has 0 saturated carbocycles. The third-order valence-electron chi connectivity index (χ3n) is 3.59. The largest absolute Gasteiger partial charge is 0.467 e. The van der Waals surface area contributed by atoms with Crippen LogP contribution in [0.1, 0.15) is 18.2 Å². The molecule has 0 aliphatic carbocycles. The molecule has 2 rings (SSSR count). The maximum Gasteiger partial charge on any atom is 0.426 e. The zero-order valence-corrected chi connectivity index (χ0v) is 14.1. The topological polar surface area (TPSA) is 80.6 Å². The fourth-order valence-electron chi connectivity index (χ4n) is 2.33. The van der Waals surface area contributed by atoms with Crippen molar-refractivity contribution in [3.63, 3.8) is 0 Å². The number of hydrogen-bond donors (Lipinski definition) is 2. The van der Waals surface area contributed by atoms with Gasteiger partial charge in [0.2, 0.25) is 0 Å². The SMILES string of the molecule is CCOC(=O)[C@](NC(=O)NCc1ccco1)(c1ccc(F)cc1)C(F)(F)F. The zero-order valence-electron chi connectivity index (χ0n) is 14.1. The highest BCUT2D eigenvalue weighted by atomic mass is 19.4. The highest BCUT2D eigenvalue weighted by Crippen LogP contribution is 2.40. The fourth-order valence-corrected chi connectivity index (χ4v) is 2.33. The third-order valence-corrected chi connectivity index (χ3v) is 3.59. The van der Waals surface area contributed by atoms with Crippen LogP contribution < -0.4 is 10.6 Å². The van der Waals surface area contributed by atoms with Crippen molar-refractivity contribution in [1.82, 2.24) is 10.6 Å². The van der Waals surface area contributed by atoms with E-state index >= 15 is 0 Å². The molecule has 0 spiro atoms.